The van der Waals surface area contributed by atoms with E-state index in [0.29, 0.717) is 11.5 Å². The molecule has 5 N–H and O–H groups in total. The summed E-state index contributed by atoms with van der Waals surface area (Å²) < 4.78 is 34.3. The first-order valence-electron chi connectivity index (χ1n) is 10.1. The van der Waals surface area contributed by atoms with E-state index in [-0.39, 0.29) is 28.2 Å². The van der Waals surface area contributed by atoms with E-state index < -0.39 is 34.8 Å². The van der Waals surface area contributed by atoms with Gasteiger partial charge in [0.1, 0.15) is 22.5 Å². The Bertz CT molecular complexity index is 1230. The number of thiophene rings is 1. The lowest BCUT2D eigenvalue weighted by Crippen LogP contribution is -2.22. The minimum Gasteiger partial charge on any atom is -0.453 e. The molecule has 0 aliphatic heterocycles. The molecule has 34 heavy (non-hydrogen) atoms. The Kier molecular flexibility index (Phi) is 7.18. The first-order chi connectivity index (χ1) is 15.9. The van der Waals surface area contributed by atoms with Crippen LogP contribution in [0, 0.1) is 18.6 Å². The highest BCUT2D eigenvalue weighted by Gasteiger charge is 2.26. The molecule has 0 aliphatic carbocycles. The normalized spacial score (nSPS) is 11.3. The Labute approximate surface area is 198 Å². The second-order valence-corrected chi connectivity index (χ2v) is 8.88. The van der Waals surface area contributed by atoms with Crippen LogP contribution in [0.4, 0.5) is 24.4 Å². The number of nitrogens with zero attached hydrogens (tertiary/aromatic N) is 1. The fourth-order valence-corrected chi connectivity index (χ4v) is 4.23. The molecule has 2 aromatic heterocycles. The number of carbonyl (C=O) groups is 2. The van der Waals surface area contributed by atoms with Gasteiger partial charge in [0.2, 0.25) is 0 Å². The third kappa shape index (κ3) is 5.32. The number of aromatic nitrogens is 1. The number of hydrogen-bond donors (Lipinski definition) is 4. The van der Waals surface area contributed by atoms with Crippen LogP contribution in [0.15, 0.2) is 29.6 Å². The SMILES string of the molecule is COC(=O)NCc1ccc(Nc2scc(-c3c(F)cc(C(C)(C)O)cc3F)c2C(N)=O)nc1C. The van der Waals surface area contributed by atoms with Gasteiger partial charge >= 0.3 is 6.09 Å². The van der Waals surface area contributed by atoms with Crippen LogP contribution in [-0.4, -0.2) is 29.2 Å². The second kappa shape index (κ2) is 9.74. The van der Waals surface area contributed by atoms with Crippen LogP contribution in [0.2, 0.25) is 0 Å². The average molecular weight is 491 g/mol. The molecule has 180 valence electrons. The van der Waals surface area contributed by atoms with Gasteiger partial charge in [-0.25, -0.2) is 18.6 Å². The van der Waals surface area contributed by atoms with Crippen LogP contribution in [0.1, 0.15) is 41.0 Å². The Balaban J connectivity index is 1.95. The number of primary amides is 1. The zero-order chi connectivity index (χ0) is 25.2. The van der Waals surface area contributed by atoms with Crippen molar-refractivity contribution in [2.75, 3.05) is 12.4 Å². The molecule has 2 heterocycles. The molecule has 0 atom stereocenters. The van der Waals surface area contributed by atoms with Crippen molar-refractivity contribution < 1.29 is 28.2 Å². The van der Waals surface area contributed by atoms with Crippen molar-refractivity contribution in [3.8, 4) is 11.1 Å². The van der Waals surface area contributed by atoms with E-state index in [2.05, 4.69) is 20.4 Å². The number of nitrogens with two attached hydrogens (primary N) is 1. The van der Waals surface area contributed by atoms with Gasteiger partial charge in [-0.15, -0.1) is 11.3 Å². The van der Waals surface area contributed by atoms with E-state index in [0.717, 1.165) is 29.0 Å². The molecule has 0 fully saturated rings. The molecule has 2 amide bonds. The Morgan fingerprint density at radius 3 is 2.41 bits per heavy atom. The van der Waals surface area contributed by atoms with E-state index in [1.54, 1.807) is 19.1 Å². The number of rotatable bonds is 7. The van der Waals surface area contributed by atoms with Gasteiger partial charge in [0, 0.05) is 23.2 Å². The van der Waals surface area contributed by atoms with Gasteiger partial charge in [-0.3, -0.25) is 4.79 Å². The summed E-state index contributed by atoms with van der Waals surface area (Å²) >= 11 is 1.04. The number of amides is 2. The van der Waals surface area contributed by atoms with Crippen molar-refractivity contribution in [3.63, 3.8) is 0 Å². The summed E-state index contributed by atoms with van der Waals surface area (Å²) in [6.07, 6.45) is -0.575. The minimum atomic E-state index is -1.45. The number of ether oxygens (including phenoxy) is 1. The molecule has 8 nitrogen and oxygen atoms in total. The van der Waals surface area contributed by atoms with Crippen molar-refractivity contribution in [3.05, 3.63) is 63.7 Å². The first kappa shape index (κ1) is 25.1. The van der Waals surface area contributed by atoms with E-state index in [1.807, 2.05) is 0 Å². The van der Waals surface area contributed by atoms with Crippen LogP contribution in [0.3, 0.4) is 0 Å². The molecule has 3 rings (SSSR count). The molecule has 0 spiro atoms. The number of aryl methyl sites for hydroxylation is 1. The van der Waals surface area contributed by atoms with Crippen molar-refractivity contribution >= 4 is 34.2 Å². The second-order valence-electron chi connectivity index (χ2n) is 8.00. The number of aliphatic hydroxyl groups is 1. The number of carbonyl (C=O) groups excluding carboxylic acids is 2. The maximum Gasteiger partial charge on any atom is 0.407 e. The highest BCUT2D eigenvalue weighted by molar-refractivity contribution is 7.15. The van der Waals surface area contributed by atoms with Gasteiger partial charge in [-0.1, -0.05) is 6.07 Å². The Morgan fingerprint density at radius 1 is 1.24 bits per heavy atom. The maximum atomic E-state index is 14.9. The summed E-state index contributed by atoms with van der Waals surface area (Å²) in [4.78, 5) is 27.9. The van der Waals surface area contributed by atoms with E-state index >= 15 is 0 Å². The summed E-state index contributed by atoms with van der Waals surface area (Å²) in [6, 6.07) is 5.42. The number of benzene rings is 1. The number of pyridine rings is 1. The predicted octanol–water partition coefficient (Wildman–Crippen LogP) is 4.32. The molecular weight excluding hydrogens is 466 g/mol. The van der Waals surface area contributed by atoms with Crippen LogP contribution in [-0.2, 0) is 16.9 Å². The lowest BCUT2D eigenvalue weighted by atomic mass is 9.94. The van der Waals surface area contributed by atoms with E-state index in [9.17, 15) is 23.5 Å². The lowest BCUT2D eigenvalue weighted by Gasteiger charge is -2.19. The van der Waals surface area contributed by atoms with Crippen molar-refractivity contribution in [2.45, 2.75) is 32.9 Å². The zero-order valence-corrected chi connectivity index (χ0v) is 19.8. The number of hydrogen-bond acceptors (Lipinski definition) is 7. The van der Waals surface area contributed by atoms with E-state index in [1.165, 1.54) is 26.3 Å². The maximum absolute atomic E-state index is 14.9. The van der Waals surface area contributed by atoms with Crippen molar-refractivity contribution in [1.29, 1.82) is 0 Å². The van der Waals surface area contributed by atoms with Gasteiger partial charge < -0.3 is 26.2 Å². The average Bonchev–Trinajstić information content (AvgIpc) is 3.15. The molecule has 0 radical (unpaired) electrons. The predicted molar refractivity (Wildman–Crippen MR) is 125 cm³/mol. The van der Waals surface area contributed by atoms with Gasteiger partial charge in [0.05, 0.1) is 23.8 Å². The minimum absolute atomic E-state index is 0.00656. The van der Waals surface area contributed by atoms with Crippen molar-refractivity contribution in [1.82, 2.24) is 10.3 Å². The summed E-state index contributed by atoms with van der Waals surface area (Å²) in [6.45, 7) is 4.77. The van der Waals surface area contributed by atoms with Crippen LogP contribution >= 0.6 is 11.3 Å². The highest BCUT2D eigenvalue weighted by Crippen LogP contribution is 2.40. The van der Waals surface area contributed by atoms with Gasteiger partial charge in [-0.2, -0.15) is 0 Å². The fourth-order valence-electron chi connectivity index (χ4n) is 3.26. The highest BCUT2D eigenvalue weighted by atomic mass is 32.1. The standard InChI is InChI=1S/C23H24F2N4O4S/c1-11-12(9-27-22(31)33-4)5-6-17(28-11)29-21-19(20(26)30)14(10-34-21)18-15(24)7-13(8-16(18)25)23(2,3)32/h5-8,10,32H,9H2,1-4H3,(H2,26,30)(H,27,31)(H,28,29). The van der Waals surface area contributed by atoms with Crippen LogP contribution < -0.4 is 16.4 Å². The Morgan fingerprint density at radius 2 is 1.88 bits per heavy atom. The summed E-state index contributed by atoms with van der Waals surface area (Å²) in [5.41, 5.74) is 5.01. The quantitative estimate of drug-likeness (QED) is 0.391. The molecular formula is C23H24F2N4O4S. The number of anilines is 2. The Hall–Kier alpha value is -3.57. The summed E-state index contributed by atoms with van der Waals surface area (Å²) in [7, 11) is 1.26. The fraction of sp³-hybridized carbons (Fsp3) is 0.261. The molecule has 0 saturated carbocycles. The monoisotopic (exact) mass is 490 g/mol. The number of methoxy groups -OCH3 is 1. The number of nitrogens with one attached hydrogen (secondary N) is 2. The lowest BCUT2D eigenvalue weighted by molar-refractivity contribution is 0.0778. The van der Waals surface area contributed by atoms with Gasteiger partial charge in [0.25, 0.3) is 5.91 Å². The zero-order valence-electron chi connectivity index (χ0n) is 19.0. The van der Waals surface area contributed by atoms with Gasteiger partial charge in [-0.05, 0) is 50.1 Å². The topological polar surface area (TPSA) is 127 Å². The largest absolute Gasteiger partial charge is 0.453 e. The van der Waals surface area contributed by atoms with Gasteiger partial charge in [0.15, 0.2) is 0 Å². The summed E-state index contributed by atoms with van der Waals surface area (Å²) in [5, 5.41) is 17.3. The molecule has 0 unspecified atom stereocenters. The molecule has 0 bridgehead atoms. The summed E-state index contributed by atoms with van der Waals surface area (Å²) in [5.74, 6) is -2.37. The van der Waals surface area contributed by atoms with E-state index in [4.69, 9.17) is 5.73 Å². The molecule has 0 saturated heterocycles. The molecule has 0 aliphatic rings. The molecule has 3 aromatic rings. The molecule has 1 aromatic carbocycles. The number of halogens is 2. The third-order valence-electron chi connectivity index (χ3n) is 5.10. The van der Waals surface area contributed by atoms with Crippen LogP contribution in [0.25, 0.3) is 11.1 Å². The first-order valence-corrected chi connectivity index (χ1v) is 11.0. The van der Waals surface area contributed by atoms with Crippen molar-refractivity contribution in [2.24, 2.45) is 5.73 Å². The smallest absolute Gasteiger partial charge is 0.407 e. The number of alkyl carbamates (subject to hydrolysis) is 1. The molecule has 11 heteroatoms. The third-order valence-corrected chi connectivity index (χ3v) is 6.00. The van der Waals surface area contributed by atoms with Crippen LogP contribution in [0.5, 0.6) is 0 Å².